The van der Waals surface area contributed by atoms with Crippen LogP contribution in [-0.4, -0.2) is 33.0 Å². The summed E-state index contributed by atoms with van der Waals surface area (Å²) in [5.74, 6) is 0.612. The van der Waals surface area contributed by atoms with E-state index in [1.165, 1.54) is 6.07 Å². The number of hydrogen-bond donors (Lipinski definition) is 1. The summed E-state index contributed by atoms with van der Waals surface area (Å²) >= 11 is 6.75. The summed E-state index contributed by atoms with van der Waals surface area (Å²) in [6.07, 6.45) is -4.65. The van der Waals surface area contributed by atoms with E-state index in [1.54, 1.807) is 37.8 Å². The van der Waals surface area contributed by atoms with Crippen LogP contribution < -0.4 is 10.1 Å². The molecule has 0 saturated carbocycles. The Bertz CT molecular complexity index is 1100. The highest BCUT2D eigenvalue weighted by Gasteiger charge is 2.34. The van der Waals surface area contributed by atoms with Crippen LogP contribution in [0.25, 0.3) is 11.4 Å². The van der Waals surface area contributed by atoms with Crippen molar-refractivity contribution < 1.29 is 22.7 Å². The standard InChI is InChI=1S/C20H18ClF3N4O2S/c1-11(18(29)25-16-8-7-13(21)10-15(16)20(22,23)24)31-19-27-26-17(28(19)2)12-5-4-6-14(9-12)30-3/h4-11H,1-3H3,(H,25,29). The molecule has 0 saturated heterocycles. The number of hydrogen-bond acceptors (Lipinski definition) is 5. The highest BCUT2D eigenvalue weighted by molar-refractivity contribution is 8.00. The van der Waals surface area contributed by atoms with Gasteiger partial charge in [-0.05, 0) is 37.3 Å². The van der Waals surface area contributed by atoms with Gasteiger partial charge in [-0.1, -0.05) is 35.5 Å². The summed E-state index contributed by atoms with van der Waals surface area (Å²) in [7, 11) is 3.30. The second kappa shape index (κ2) is 9.19. The van der Waals surface area contributed by atoms with Crippen molar-refractivity contribution in [3.05, 3.63) is 53.1 Å². The number of methoxy groups -OCH3 is 1. The summed E-state index contributed by atoms with van der Waals surface area (Å²) in [6.45, 7) is 1.57. The maximum atomic E-state index is 13.3. The molecular weight excluding hydrogens is 453 g/mol. The number of thioether (sulfide) groups is 1. The smallest absolute Gasteiger partial charge is 0.418 e. The molecule has 164 valence electrons. The van der Waals surface area contributed by atoms with Gasteiger partial charge >= 0.3 is 6.18 Å². The van der Waals surface area contributed by atoms with Gasteiger partial charge in [0.2, 0.25) is 5.91 Å². The van der Waals surface area contributed by atoms with Gasteiger partial charge in [0.25, 0.3) is 0 Å². The first-order chi connectivity index (χ1) is 14.6. The van der Waals surface area contributed by atoms with Gasteiger partial charge in [0.05, 0.1) is 23.6 Å². The SMILES string of the molecule is COc1cccc(-c2nnc(SC(C)C(=O)Nc3ccc(Cl)cc3C(F)(F)F)n2C)c1. The Kier molecular flexibility index (Phi) is 6.80. The second-order valence-corrected chi connectivity index (χ2v) is 8.28. The summed E-state index contributed by atoms with van der Waals surface area (Å²) < 4.78 is 46.7. The minimum Gasteiger partial charge on any atom is -0.497 e. The van der Waals surface area contributed by atoms with Crippen molar-refractivity contribution in [3.8, 4) is 17.1 Å². The van der Waals surface area contributed by atoms with E-state index in [-0.39, 0.29) is 10.7 Å². The normalized spacial score (nSPS) is 12.5. The van der Waals surface area contributed by atoms with Crippen molar-refractivity contribution in [1.29, 1.82) is 0 Å². The average molecular weight is 471 g/mol. The largest absolute Gasteiger partial charge is 0.497 e. The van der Waals surface area contributed by atoms with Crippen molar-refractivity contribution in [2.75, 3.05) is 12.4 Å². The van der Waals surface area contributed by atoms with Gasteiger partial charge in [-0.25, -0.2) is 0 Å². The predicted octanol–water partition coefficient (Wildman–Crippen LogP) is 5.28. The number of carbonyl (C=O) groups excluding carboxylic acids is 1. The fourth-order valence-corrected chi connectivity index (χ4v) is 3.72. The zero-order valence-electron chi connectivity index (χ0n) is 16.7. The first-order valence-electron chi connectivity index (χ1n) is 8.98. The van der Waals surface area contributed by atoms with Crippen molar-refractivity contribution >= 4 is 35.0 Å². The van der Waals surface area contributed by atoms with Gasteiger partial charge in [0, 0.05) is 17.6 Å². The Morgan fingerprint density at radius 2 is 1.97 bits per heavy atom. The first kappa shape index (κ1) is 23.0. The number of aromatic nitrogens is 3. The lowest BCUT2D eigenvalue weighted by Crippen LogP contribution is -2.24. The van der Waals surface area contributed by atoms with E-state index in [0.29, 0.717) is 16.7 Å². The minimum absolute atomic E-state index is 0.0723. The maximum absolute atomic E-state index is 13.3. The van der Waals surface area contributed by atoms with Gasteiger partial charge in [0.1, 0.15) is 5.75 Å². The topological polar surface area (TPSA) is 69.0 Å². The van der Waals surface area contributed by atoms with Crippen LogP contribution in [-0.2, 0) is 18.0 Å². The minimum atomic E-state index is -4.65. The number of nitrogens with one attached hydrogen (secondary N) is 1. The lowest BCUT2D eigenvalue weighted by Gasteiger charge is -2.16. The van der Waals surface area contributed by atoms with Crippen LogP contribution >= 0.6 is 23.4 Å². The number of amides is 1. The van der Waals surface area contributed by atoms with E-state index in [4.69, 9.17) is 16.3 Å². The molecule has 1 amide bonds. The van der Waals surface area contributed by atoms with Crippen molar-refractivity contribution in [2.24, 2.45) is 7.05 Å². The summed E-state index contributed by atoms with van der Waals surface area (Å²) in [5, 5.41) is 10.2. The first-order valence-corrected chi connectivity index (χ1v) is 10.2. The van der Waals surface area contributed by atoms with Crippen LogP contribution in [0.4, 0.5) is 18.9 Å². The molecule has 1 aromatic heterocycles. The Hall–Kier alpha value is -2.72. The Labute approximate surface area is 185 Å². The highest BCUT2D eigenvalue weighted by atomic mass is 35.5. The molecule has 3 rings (SSSR count). The molecule has 1 unspecified atom stereocenters. The molecule has 3 aromatic rings. The summed E-state index contributed by atoms with van der Waals surface area (Å²) in [6, 6.07) is 10.4. The Balaban J connectivity index is 1.76. The van der Waals surface area contributed by atoms with Crippen LogP contribution in [0, 0.1) is 0 Å². The Morgan fingerprint density at radius 3 is 2.65 bits per heavy atom. The van der Waals surface area contributed by atoms with Gasteiger partial charge in [0.15, 0.2) is 11.0 Å². The van der Waals surface area contributed by atoms with Crippen LogP contribution in [0.5, 0.6) is 5.75 Å². The van der Waals surface area contributed by atoms with E-state index >= 15 is 0 Å². The molecule has 0 spiro atoms. The van der Waals surface area contributed by atoms with Crippen LogP contribution in [0.3, 0.4) is 0 Å². The number of halogens is 4. The molecular formula is C20H18ClF3N4O2S. The third kappa shape index (κ3) is 5.31. The summed E-state index contributed by atoms with van der Waals surface area (Å²) in [5.41, 5.74) is -0.594. The number of anilines is 1. The average Bonchev–Trinajstić information content (AvgIpc) is 3.08. The number of nitrogens with zero attached hydrogens (tertiary/aromatic N) is 3. The second-order valence-electron chi connectivity index (χ2n) is 6.53. The monoisotopic (exact) mass is 470 g/mol. The van der Waals surface area contributed by atoms with E-state index in [2.05, 4.69) is 15.5 Å². The molecule has 0 aliphatic carbocycles. The molecule has 11 heteroatoms. The Morgan fingerprint density at radius 1 is 1.23 bits per heavy atom. The third-order valence-corrected chi connectivity index (χ3v) is 5.73. The molecule has 1 heterocycles. The zero-order valence-corrected chi connectivity index (χ0v) is 18.3. The van der Waals surface area contributed by atoms with E-state index in [0.717, 1.165) is 29.5 Å². The van der Waals surface area contributed by atoms with Gasteiger partial charge in [-0.15, -0.1) is 10.2 Å². The fraction of sp³-hybridized carbons (Fsp3) is 0.250. The molecule has 6 nitrogen and oxygen atoms in total. The van der Waals surface area contributed by atoms with Crippen LogP contribution in [0.15, 0.2) is 47.6 Å². The lowest BCUT2D eigenvalue weighted by atomic mass is 10.1. The molecule has 0 aliphatic heterocycles. The van der Waals surface area contributed by atoms with Gasteiger partial charge in [-0.3, -0.25) is 4.79 Å². The van der Waals surface area contributed by atoms with Gasteiger partial charge < -0.3 is 14.6 Å². The van der Waals surface area contributed by atoms with E-state index < -0.39 is 22.9 Å². The highest BCUT2D eigenvalue weighted by Crippen LogP contribution is 2.37. The lowest BCUT2D eigenvalue weighted by molar-refractivity contribution is -0.137. The third-order valence-electron chi connectivity index (χ3n) is 4.36. The number of carbonyl (C=O) groups is 1. The van der Waals surface area contributed by atoms with Crippen molar-refractivity contribution in [3.63, 3.8) is 0 Å². The van der Waals surface area contributed by atoms with Crippen molar-refractivity contribution in [2.45, 2.75) is 23.5 Å². The molecule has 1 atom stereocenters. The number of benzene rings is 2. The van der Waals surface area contributed by atoms with Crippen LogP contribution in [0.2, 0.25) is 5.02 Å². The molecule has 0 fully saturated rings. The maximum Gasteiger partial charge on any atom is 0.418 e. The fourth-order valence-electron chi connectivity index (χ4n) is 2.74. The molecule has 0 aliphatic rings. The molecule has 0 radical (unpaired) electrons. The van der Waals surface area contributed by atoms with E-state index in [9.17, 15) is 18.0 Å². The summed E-state index contributed by atoms with van der Waals surface area (Å²) in [4.78, 5) is 12.5. The van der Waals surface area contributed by atoms with E-state index in [1.807, 2.05) is 12.1 Å². The molecule has 1 N–H and O–H groups in total. The molecule has 31 heavy (non-hydrogen) atoms. The predicted molar refractivity (Wildman–Crippen MR) is 113 cm³/mol. The molecule has 2 aromatic carbocycles. The van der Waals surface area contributed by atoms with Crippen LogP contribution in [0.1, 0.15) is 12.5 Å². The number of alkyl halides is 3. The van der Waals surface area contributed by atoms with Gasteiger partial charge in [-0.2, -0.15) is 13.2 Å². The number of ether oxygens (including phenoxy) is 1. The molecule has 0 bridgehead atoms. The quantitative estimate of drug-likeness (QED) is 0.496. The zero-order chi connectivity index (χ0) is 22.8. The van der Waals surface area contributed by atoms with Crippen molar-refractivity contribution in [1.82, 2.24) is 14.8 Å². The number of rotatable bonds is 6.